The van der Waals surface area contributed by atoms with Crippen LogP contribution in [0.25, 0.3) is 10.9 Å². The predicted molar refractivity (Wildman–Crippen MR) is 78.1 cm³/mol. The van der Waals surface area contributed by atoms with Crippen LogP contribution in [0, 0.1) is 5.82 Å². The molecule has 0 aliphatic heterocycles. The number of aromatic nitrogens is 2. The van der Waals surface area contributed by atoms with E-state index in [1.54, 1.807) is 18.3 Å². The Labute approximate surface area is 116 Å². The third kappa shape index (κ3) is 2.74. The maximum absolute atomic E-state index is 12.8. The van der Waals surface area contributed by atoms with Crippen molar-refractivity contribution in [1.82, 2.24) is 10.2 Å². The molecular formula is C16H14FN3. The van der Waals surface area contributed by atoms with Gasteiger partial charge < -0.3 is 5.32 Å². The molecule has 0 bridgehead atoms. The quantitative estimate of drug-likeness (QED) is 0.787. The van der Waals surface area contributed by atoms with Crippen LogP contribution in [0.3, 0.4) is 0 Å². The molecule has 3 nitrogen and oxygen atoms in total. The first-order valence-electron chi connectivity index (χ1n) is 6.52. The Morgan fingerprint density at radius 1 is 1.00 bits per heavy atom. The summed E-state index contributed by atoms with van der Waals surface area (Å²) in [7, 11) is 0. The summed E-state index contributed by atoms with van der Waals surface area (Å²) in [5, 5.41) is 12.5. The molecule has 0 radical (unpaired) electrons. The van der Waals surface area contributed by atoms with E-state index in [1.807, 2.05) is 24.3 Å². The third-order valence-electron chi connectivity index (χ3n) is 3.19. The minimum absolute atomic E-state index is 0.203. The Hall–Kier alpha value is -2.49. The van der Waals surface area contributed by atoms with Crippen molar-refractivity contribution in [1.29, 1.82) is 0 Å². The van der Waals surface area contributed by atoms with Crippen LogP contribution in [0.4, 0.5) is 10.1 Å². The van der Waals surface area contributed by atoms with E-state index in [0.29, 0.717) is 0 Å². The van der Waals surface area contributed by atoms with E-state index in [0.717, 1.165) is 35.1 Å². The first-order valence-corrected chi connectivity index (χ1v) is 6.52. The molecule has 0 amide bonds. The predicted octanol–water partition coefficient (Wildman–Crippen LogP) is 3.42. The van der Waals surface area contributed by atoms with Gasteiger partial charge in [-0.1, -0.05) is 30.3 Å². The zero-order valence-corrected chi connectivity index (χ0v) is 10.9. The van der Waals surface area contributed by atoms with E-state index in [2.05, 4.69) is 15.5 Å². The van der Waals surface area contributed by atoms with Gasteiger partial charge in [-0.3, -0.25) is 0 Å². The smallest absolute Gasteiger partial charge is 0.123 e. The Morgan fingerprint density at radius 2 is 1.80 bits per heavy atom. The van der Waals surface area contributed by atoms with Gasteiger partial charge in [-0.05, 0) is 30.2 Å². The summed E-state index contributed by atoms with van der Waals surface area (Å²) >= 11 is 0. The number of anilines is 1. The van der Waals surface area contributed by atoms with Gasteiger partial charge in [0.15, 0.2) is 0 Å². The van der Waals surface area contributed by atoms with E-state index in [9.17, 15) is 4.39 Å². The minimum Gasteiger partial charge on any atom is -0.383 e. The fourth-order valence-electron chi connectivity index (χ4n) is 2.14. The van der Waals surface area contributed by atoms with Gasteiger partial charge in [0.05, 0.1) is 17.4 Å². The van der Waals surface area contributed by atoms with Crippen LogP contribution >= 0.6 is 0 Å². The largest absolute Gasteiger partial charge is 0.383 e. The molecule has 0 unspecified atom stereocenters. The summed E-state index contributed by atoms with van der Waals surface area (Å²) in [5.74, 6) is -0.203. The second kappa shape index (κ2) is 5.65. The molecule has 1 aromatic heterocycles. The standard InChI is InChI=1S/C16H14FN3/c17-13-7-5-12(6-8-13)9-10-18-16-11-19-20-15-4-2-1-3-14(15)16/h1-8,11H,9-10H2,(H,18,20). The fourth-order valence-corrected chi connectivity index (χ4v) is 2.14. The lowest BCUT2D eigenvalue weighted by molar-refractivity contribution is 0.627. The lowest BCUT2D eigenvalue weighted by Crippen LogP contribution is -2.06. The molecule has 4 heteroatoms. The maximum Gasteiger partial charge on any atom is 0.123 e. The van der Waals surface area contributed by atoms with Gasteiger partial charge in [-0.25, -0.2) is 4.39 Å². The van der Waals surface area contributed by atoms with Crippen LogP contribution in [0.5, 0.6) is 0 Å². The fraction of sp³-hybridized carbons (Fsp3) is 0.125. The summed E-state index contributed by atoms with van der Waals surface area (Å²) in [5.41, 5.74) is 2.95. The van der Waals surface area contributed by atoms with Crippen molar-refractivity contribution in [2.75, 3.05) is 11.9 Å². The maximum atomic E-state index is 12.8. The van der Waals surface area contributed by atoms with Crippen molar-refractivity contribution in [2.24, 2.45) is 0 Å². The first kappa shape index (κ1) is 12.5. The van der Waals surface area contributed by atoms with E-state index in [1.165, 1.54) is 12.1 Å². The average molecular weight is 267 g/mol. The van der Waals surface area contributed by atoms with Crippen molar-refractivity contribution in [3.8, 4) is 0 Å². The number of hydrogen-bond donors (Lipinski definition) is 1. The highest BCUT2D eigenvalue weighted by atomic mass is 19.1. The highest BCUT2D eigenvalue weighted by molar-refractivity contribution is 5.90. The summed E-state index contributed by atoms with van der Waals surface area (Å²) in [6.45, 7) is 0.765. The number of benzene rings is 2. The van der Waals surface area contributed by atoms with Crippen LogP contribution in [-0.4, -0.2) is 16.7 Å². The topological polar surface area (TPSA) is 37.8 Å². The molecule has 0 spiro atoms. The summed E-state index contributed by atoms with van der Waals surface area (Å²) in [6.07, 6.45) is 2.56. The van der Waals surface area contributed by atoms with Gasteiger partial charge in [0.2, 0.25) is 0 Å². The number of hydrogen-bond acceptors (Lipinski definition) is 3. The Kier molecular flexibility index (Phi) is 3.54. The van der Waals surface area contributed by atoms with Crippen molar-refractivity contribution in [2.45, 2.75) is 6.42 Å². The van der Waals surface area contributed by atoms with Crippen molar-refractivity contribution in [3.63, 3.8) is 0 Å². The highest BCUT2D eigenvalue weighted by Gasteiger charge is 2.01. The molecule has 1 heterocycles. The lowest BCUT2D eigenvalue weighted by atomic mass is 10.1. The van der Waals surface area contributed by atoms with Crippen LogP contribution in [0.1, 0.15) is 5.56 Å². The van der Waals surface area contributed by atoms with E-state index in [4.69, 9.17) is 0 Å². The van der Waals surface area contributed by atoms with Gasteiger partial charge >= 0.3 is 0 Å². The van der Waals surface area contributed by atoms with Crippen molar-refractivity contribution < 1.29 is 4.39 Å². The summed E-state index contributed by atoms with van der Waals surface area (Å²) in [6, 6.07) is 14.5. The Balaban J connectivity index is 1.69. The zero-order valence-electron chi connectivity index (χ0n) is 10.9. The number of rotatable bonds is 4. The molecule has 0 fully saturated rings. The molecule has 2 aromatic carbocycles. The van der Waals surface area contributed by atoms with Crippen LogP contribution in [-0.2, 0) is 6.42 Å². The second-order valence-corrected chi connectivity index (χ2v) is 4.58. The zero-order chi connectivity index (χ0) is 13.8. The molecule has 0 atom stereocenters. The summed E-state index contributed by atoms with van der Waals surface area (Å²) in [4.78, 5) is 0. The Bertz CT molecular complexity index is 705. The van der Waals surface area contributed by atoms with E-state index in [-0.39, 0.29) is 5.82 Å². The third-order valence-corrected chi connectivity index (χ3v) is 3.19. The van der Waals surface area contributed by atoms with Crippen LogP contribution in [0.2, 0.25) is 0 Å². The van der Waals surface area contributed by atoms with Crippen LogP contribution in [0.15, 0.2) is 54.7 Å². The minimum atomic E-state index is -0.203. The second-order valence-electron chi connectivity index (χ2n) is 4.58. The van der Waals surface area contributed by atoms with Gasteiger partial charge in [-0.15, -0.1) is 0 Å². The monoisotopic (exact) mass is 267 g/mol. The number of nitrogens with zero attached hydrogens (tertiary/aromatic N) is 2. The Morgan fingerprint density at radius 3 is 2.65 bits per heavy atom. The molecule has 0 saturated carbocycles. The van der Waals surface area contributed by atoms with Gasteiger partial charge in [0.1, 0.15) is 5.82 Å². The molecule has 1 N–H and O–H groups in total. The molecule has 100 valence electrons. The number of fused-ring (bicyclic) bond motifs is 1. The molecule has 20 heavy (non-hydrogen) atoms. The normalized spacial score (nSPS) is 10.7. The van der Waals surface area contributed by atoms with Gasteiger partial charge in [0, 0.05) is 11.9 Å². The average Bonchev–Trinajstić information content (AvgIpc) is 2.49. The molecule has 3 aromatic rings. The van der Waals surface area contributed by atoms with Crippen LogP contribution < -0.4 is 5.32 Å². The number of nitrogens with one attached hydrogen (secondary N) is 1. The SMILES string of the molecule is Fc1ccc(CCNc2cnnc3ccccc23)cc1. The molecule has 3 rings (SSSR count). The molecule has 0 aliphatic carbocycles. The van der Waals surface area contributed by atoms with E-state index >= 15 is 0 Å². The summed E-state index contributed by atoms with van der Waals surface area (Å²) < 4.78 is 12.8. The molecular weight excluding hydrogens is 253 g/mol. The first-order chi connectivity index (χ1) is 9.83. The highest BCUT2D eigenvalue weighted by Crippen LogP contribution is 2.19. The van der Waals surface area contributed by atoms with Gasteiger partial charge in [0.25, 0.3) is 0 Å². The molecule has 0 saturated heterocycles. The number of halogens is 1. The van der Waals surface area contributed by atoms with E-state index < -0.39 is 0 Å². The molecule has 0 aliphatic rings. The lowest BCUT2D eigenvalue weighted by Gasteiger charge is -2.08. The van der Waals surface area contributed by atoms with Crippen molar-refractivity contribution in [3.05, 3.63) is 66.1 Å². The van der Waals surface area contributed by atoms with Gasteiger partial charge in [-0.2, -0.15) is 10.2 Å². The van der Waals surface area contributed by atoms with Crippen molar-refractivity contribution >= 4 is 16.6 Å².